The van der Waals surface area contributed by atoms with Gasteiger partial charge in [0.05, 0.1) is 9.90 Å². The van der Waals surface area contributed by atoms with Crippen molar-refractivity contribution in [2.45, 2.75) is 19.4 Å². The van der Waals surface area contributed by atoms with Crippen LogP contribution >= 0.6 is 22.9 Å². The van der Waals surface area contributed by atoms with Gasteiger partial charge in [-0.25, -0.2) is 0 Å². The van der Waals surface area contributed by atoms with Crippen molar-refractivity contribution in [2.24, 2.45) is 0 Å². The molecule has 0 saturated heterocycles. The first-order chi connectivity index (χ1) is 17.0. The SMILES string of the molecule is O=C(NCc1ccc2sc(Cl)cc2c1)c1cncc(Cc2ccc(Cc3ccc[nH]c3=O)cc2)c1. The van der Waals surface area contributed by atoms with E-state index in [9.17, 15) is 9.59 Å². The minimum Gasteiger partial charge on any atom is -0.348 e. The lowest BCUT2D eigenvalue weighted by Gasteiger charge is -2.08. The maximum atomic E-state index is 12.7. The quantitative estimate of drug-likeness (QED) is 0.299. The number of pyridine rings is 2. The van der Waals surface area contributed by atoms with E-state index in [0.717, 1.165) is 42.2 Å². The van der Waals surface area contributed by atoms with Crippen LogP contribution in [0, 0.1) is 0 Å². The van der Waals surface area contributed by atoms with E-state index in [1.54, 1.807) is 29.9 Å². The number of benzene rings is 2. The summed E-state index contributed by atoms with van der Waals surface area (Å²) in [5, 5.41) is 4.06. The number of nitrogens with zero attached hydrogens (tertiary/aromatic N) is 1. The zero-order chi connectivity index (χ0) is 24.2. The molecule has 0 radical (unpaired) electrons. The van der Waals surface area contributed by atoms with Gasteiger partial charge in [-0.2, -0.15) is 0 Å². The Morgan fingerprint density at radius 3 is 2.49 bits per heavy atom. The Hall–Kier alpha value is -3.74. The van der Waals surface area contributed by atoms with Gasteiger partial charge in [0.25, 0.3) is 11.5 Å². The van der Waals surface area contributed by atoms with Crippen LogP contribution in [0.2, 0.25) is 4.34 Å². The topological polar surface area (TPSA) is 74.8 Å². The van der Waals surface area contributed by atoms with Crippen molar-refractivity contribution >= 4 is 38.9 Å². The number of rotatable bonds is 7. The maximum absolute atomic E-state index is 12.7. The van der Waals surface area contributed by atoms with Gasteiger partial charge in [-0.1, -0.05) is 48.0 Å². The number of carbonyl (C=O) groups excluding carboxylic acids is 1. The monoisotopic (exact) mass is 499 g/mol. The van der Waals surface area contributed by atoms with Crippen LogP contribution in [0.15, 0.2) is 90.1 Å². The molecule has 3 heterocycles. The van der Waals surface area contributed by atoms with Gasteiger partial charge in [0.1, 0.15) is 0 Å². The van der Waals surface area contributed by atoms with Crippen LogP contribution in [0.5, 0.6) is 0 Å². The van der Waals surface area contributed by atoms with Gasteiger partial charge in [0.2, 0.25) is 0 Å². The van der Waals surface area contributed by atoms with Crippen molar-refractivity contribution in [1.29, 1.82) is 0 Å². The molecule has 5 nitrogen and oxygen atoms in total. The minimum absolute atomic E-state index is 0.0610. The van der Waals surface area contributed by atoms with Crippen molar-refractivity contribution < 1.29 is 4.79 Å². The molecular formula is C28H22ClN3O2S. The van der Waals surface area contributed by atoms with Crippen LogP contribution in [0.4, 0.5) is 0 Å². The van der Waals surface area contributed by atoms with Gasteiger partial charge in [-0.15, -0.1) is 11.3 Å². The molecule has 0 atom stereocenters. The van der Waals surface area contributed by atoms with Gasteiger partial charge in [0.15, 0.2) is 0 Å². The Morgan fingerprint density at radius 1 is 0.914 bits per heavy atom. The van der Waals surface area contributed by atoms with E-state index in [-0.39, 0.29) is 11.5 Å². The summed E-state index contributed by atoms with van der Waals surface area (Å²) in [6.45, 7) is 0.429. The Bertz CT molecular complexity index is 1560. The molecule has 0 spiro atoms. The summed E-state index contributed by atoms with van der Waals surface area (Å²) in [5.41, 5.74) is 5.36. The molecule has 0 aliphatic carbocycles. The number of hydrogen-bond acceptors (Lipinski definition) is 4. The van der Waals surface area contributed by atoms with Gasteiger partial charge in [-0.05, 0) is 64.4 Å². The first kappa shape index (κ1) is 23.0. The zero-order valence-electron chi connectivity index (χ0n) is 18.8. The van der Waals surface area contributed by atoms with Crippen LogP contribution in [-0.4, -0.2) is 15.9 Å². The molecule has 7 heteroatoms. The molecule has 0 aliphatic heterocycles. The third-order valence-electron chi connectivity index (χ3n) is 5.79. The highest BCUT2D eigenvalue weighted by atomic mass is 35.5. The summed E-state index contributed by atoms with van der Waals surface area (Å²) in [6.07, 6.45) is 6.25. The molecule has 0 unspecified atom stereocenters. The summed E-state index contributed by atoms with van der Waals surface area (Å²) < 4.78 is 1.88. The standard InChI is InChI=1S/C28H22ClN3O2S/c29-26-14-23-12-20(7-8-25(23)35-26)16-32-28(34)24-13-21(15-30-17-24)10-18-3-5-19(6-4-18)11-22-2-1-9-31-27(22)33/h1-9,12-15,17H,10-11,16H2,(H,31,33)(H,32,34). The molecule has 2 N–H and O–H groups in total. The van der Waals surface area contributed by atoms with Crippen LogP contribution in [0.1, 0.15) is 38.2 Å². The summed E-state index contributed by atoms with van der Waals surface area (Å²) in [7, 11) is 0. The van der Waals surface area contributed by atoms with E-state index in [0.29, 0.717) is 24.9 Å². The number of aromatic nitrogens is 2. The van der Waals surface area contributed by atoms with Crippen molar-refractivity contribution in [3.63, 3.8) is 0 Å². The number of nitrogens with one attached hydrogen (secondary N) is 2. The Morgan fingerprint density at radius 2 is 1.69 bits per heavy atom. The van der Waals surface area contributed by atoms with E-state index in [1.807, 2.05) is 66.7 Å². The maximum Gasteiger partial charge on any atom is 0.253 e. The molecule has 0 fully saturated rings. The lowest BCUT2D eigenvalue weighted by molar-refractivity contribution is 0.0950. The predicted molar refractivity (Wildman–Crippen MR) is 141 cm³/mol. The third-order valence-corrected chi connectivity index (χ3v) is 7.03. The molecule has 174 valence electrons. The highest BCUT2D eigenvalue weighted by Gasteiger charge is 2.09. The van der Waals surface area contributed by atoms with Crippen LogP contribution in [0.25, 0.3) is 10.1 Å². The fourth-order valence-corrected chi connectivity index (χ4v) is 5.12. The second-order valence-electron chi connectivity index (χ2n) is 8.38. The molecule has 0 saturated carbocycles. The number of fused-ring (bicyclic) bond motifs is 1. The normalized spacial score (nSPS) is 11.0. The van der Waals surface area contributed by atoms with Gasteiger partial charge in [-0.3, -0.25) is 14.6 Å². The second-order valence-corrected chi connectivity index (χ2v) is 10.1. The fraction of sp³-hybridized carbons (Fsp3) is 0.107. The lowest BCUT2D eigenvalue weighted by Crippen LogP contribution is -2.23. The summed E-state index contributed by atoms with van der Waals surface area (Å²) in [5.74, 6) is -0.161. The minimum atomic E-state index is -0.161. The van der Waals surface area contributed by atoms with Crippen LogP contribution < -0.4 is 10.9 Å². The third kappa shape index (κ3) is 5.67. The Balaban J connectivity index is 1.21. The van der Waals surface area contributed by atoms with E-state index in [2.05, 4.69) is 15.3 Å². The molecule has 2 aromatic carbocycles. The molecule has 5 rings (SSSR count). The first-order valence-electron chi connectivity index (χ1n) is 11.2. The average Bonchev–Trinajstić information content (AvgIpc) is 3.24. The van der Waals surface area contributed by atoms with Crippen molar-refractivity contribution in [3.05, 3.63) is 133 Å². The molecule has 0 aliphatic rings. The van der Waals surface area contributed by atoms with E-state index in [4.69, 9.17) is 11.6 Å². The van der Waals surface area contributed by atoms with Crippen LogP contribution in [-0.2, 0) is 19.4 Å². The van der Waals surface area contributed by atoms with Crippen molar-refractivity contribution in [3.8, 4) is 0 Å². The number of aromatic amines is 1. The van der Waals surface area contributed by atoms with E-state index in [1.165, 1.54) is 0 Å². The van der Waals surface area contributed by atoms with Gasteiger partial charge >= 0.3 is 0 Å². The van der Waals surface area contributed by atoms with Crippen molar-refractivity contribution in [2.75, 3.05) is 0 Å². The molecule has 5 aromatic rings. The Kier molecular flexibility index (Phi) is 6.75. The van der Waals surface area contributed by atoms with Gasteiger partial charge < -0.3 is 10.3 Å². The number of hydrogen-bond donors (Lipinski definition) is 2. The predicted octanol–water partition coefficient (Wildman–Crippen LogP) is 5.75. The Labute approximate surface area is 211 Å². The number of thiophene rings is 1. The fourth-order valence-electron chi connectivity index (χ4n) is 3.99. The highest BCUT2D eigenvalue weighted by Crippen LogP contribution is 2.29. The van der Waals surface area contributed by atoms with Crippen LogP contribution in [0.3, 0.4) is 0 Å². The average molecular weight is 500 g/mol. The number of amides is 1. The molecule has 0 bridgehead atoms. The molecule has 3 aromatic heterocycles. The molecular weight excluding hydrogens is 478 g/mol. The van der Waals surface area contributed by atoms with Crippen molar-refractivity contribution in [1.82, 2.24) is 15.3 Å². The smallest absolute Gasteiger partial charge is 0.253 e. The van der Waals surface area contributed by atoms with Gasteiger partial charge in [0, 0.05) is 41.8 Å². The largest absolute Gasteiger partial charge is 0.348 e. The lowest BCUT2D eigenvalue weighted by atomic mass is 10.0. The van der Waals surface area contributed by atoms with E-state index < -0.39 is 0 Å². The number of halogens is 1. The first-order valence-corrected chi connectivity index (χ1v) is 12.4. The number of carbonyl (C=O) groups is 1. The molecule has 35 heavy (non-hydrogen) atoms. The second kappa shape index (κ2) is 10.3. The highest BCUT2D eigenvalue weighted by molar-refractivity contribution is 7.22. The summed E-state index contributed by atoms with van der Waals surface area (Å²) >= 11 is 7.63. The zero-order valence-corrected chi connectivity index (χ0v) is 20.3. The summed E-state index contributed by atoms with van der Waals surface area (Å²) in [6, 6.07) is 21.7. The van der Waals surface area contributed by atoms with E-state index >= 15 is 0 Å². The summed E-state index contributed by atoms with van der Waals surface area (Å²) in [4.78, 5) is 31.6. The molecule has 1 amide bonds. The number of H-pyrrole nitrogens is 1.